The summed E-state index contributed by atoms with van der Waals surface area (Å²) in [4.78, 5) is 24.8. The average molecular weight is 254 g/mol. The third-order valence-corrected chi connectivity index (χ3v) is 3.61. The second-order valence-corrected chi connectivity index (χ2v) is 5.01. The van der Waals surface area contributed by atoms with E-state index >= 15 is 0 Å². The van der Waals surface area contributed by atoms with Gasteiger partial charge >= 0.3 is 5.97 Å². The summed E-state index contributed by atoms with van der Waals surface area (Å²) >= 11 is 0. The fraction of sp³-hybridized carbons (Fsp3) is 0.692. The van der Waals surface area contributed by atoms with Crippen LogP contribution in [0.3, 0.4) is 0 Å². The highest BCUT2D eigenvalue weighted by Crippen LogP contribution is 2.15. The molecule has 0 spiro atoms. The number of carbonyl (C=O) groups is 2. The number of likely N-dealkylation sites (tertiary alicyclic amines) is 1. The van der Waals surface area contributed by atoms with Crippen molar-refractivity contribution >= 4 is 11.9 Å². The lowest BCUT2D eigenvalue weighted by molar-refractivity contribution is -0.133. The molecule has 102 valence electrons. The van der Waals surface area contributed by atoms with Crippen LogP contribution in [0, 0.1) is 5.92 Å². The minimum absolute atomic E-state index is 0.107. The third kappa shape index (κ3) is 4.14. The van der Waals surface area contributed by atoms with E-state index in [-0.39, 0.29) is 17.1 Å². The molecule has 1 amide bonds. The zero-order valence-electron chi connectivity index (χ0n) is 11.3. The molecule has 1 aliphatic heterocycles. The van der Waals surface area contributed by atoms with Crippen LogP contribution in [-0.4, -0.2) is 48.6 Å². The van der Waals surface area contributed by atoms with Gasteiger partial charge in [0, 0.05) is 17.7 Å². The molecule has 5 nitrogen and oxygen atoms in total. The number of amides is 1. The maximum absolute atomic E-state index is 11.8. The molecule has 0 saturated carbocycles. The molecule has 0 aromatic heterocycles. The number of piperidine rings is 1. The zero-order valence-corrected chi connectivity index (χ0v) is 11.3. The molecular formula is C13H22N2O3. The maximum atomic E-state index is 11.8. The fourth-order valence-electron chi connectivity index (χ4n) is 1.97. The van der Waals surface area contributed by atoms with Crippen LogP contribution in [0.5, 0.6) is 0 Å². The van der Waals surface area contributed by atoms with E-state index in [1.807, 2.05) is 0 Å². The molecule has 0 radical (unpaired) electrons. The van der Waals surface area contributed by atoms with E-state index in [1.54, 1.807) is 6.92 Å². The Balaban J connectivity index is 2.42. The Morgan fingerprint density at radius 3 is 2.28 bits per heavy atom. The lowest BCUT2D eigenvalue weighted by Gasteiger charge is -2.29. The molecule has 1 heterocycles. The summed E-state index contributed by atoms with van der Waals surface area (Å²) < 4.78 is 0. The van der Waals surface area contributed by atoms with Crippen molar-refractivity contribution < 1.29 is 14.7 Å². The number of aliphatic carboxylic acids is 1. The van der Waals surface area contributed by atoms with Gasteiger partial charge in [0.15, 0.2) is 0 Å². The predicted molar refractivity (Wildman–Crippen MR) is 69.2 cm³/mol. The number of nitrogens with zero attached hydrogens (tertiary/aromatic N) is 1. The van der Waals surface area contributed by atoms with Crippen LogP contribution < -0.4 is 5.32 Å². The van der Waals surface area contributed by atoms with E-state index in [0.717, 1.165) is 25.9 Å². The highest BCUT2D eigenvalue weighted by Gasteiger charge is 2.18. The van der Waals surface area contributed by atoms with Gasteiger partial charge in [-0.2, -0.15) is 0 Å². The van der Waals surface area contributed by atoms with Crippen LogP contribution in [0.1, 0.15) is 26.7 Å². The summed E-state index contributed by atoms with van der Waals surface area (Å²) in [5.74, 6) is -0.807. The van der Waals surface area contributed by atoms with E-state index in [2.05, 4.69) is 17.3 Å². The Morgan fingerprint density at radius 2 is 1.78 bits per heavy atom. The van der Waals surface area contributed by atoms with Crippen molar-refractivity contribution in [1.82, 2.24) is 10.2 Å². The number of carboxylic acids is 1. The van der Waals surface area contributed by atoms with Crippen LogP contribution in [0.25, 0.3) is 0 Å². The first kappa shape index (κ1) is 14.7. The van der Waals surface area contributed by atoms with Crippen molar-refractivity contribution in [2.75, 3.05) is 26.7 Å². The standard InChI is InChI=1S/C13H22N2O3/c1-9(10(2)13(17)18)12(16)14-8-11-4-6-15(3)7-5-11/h11H,4-8H2,1-3H3,(H,14,16)(H,17,18). The molecule has 18 heavy (non-hydrogen) atoms. The molecule has 1 rings (SSSR count). The first-order valence-electron chi connectivity index (χ1n) is 6.29. The van der Waals surface area contributed by atoms with Crippen LogP contribution in [0.4, 0.5) is 0 Å². The zero-order chi connectivity index (χ0) is 13.7. The van der Waals surface area contributed by atoms with Crippen LogP contribution >= 0.6 is 0 Å². The molecule has 0 atom stereocenters. The van der Waals surface area contributed by atoms with E-state index in [4.69, 9.17) is 5.11 Å². The molecule has 1 saturated heterocycles. The topological polar surface area (TPSA) is 69.6 Å². The Bertz CT molecular complexity index is 355. The second-order valence-electron chi connectivity index (χ2n) is 5.01. The Kier molecular flexibility index (Phi) is 5.34. The molecule has 0 bridgehead atoms. The Labute approximate surface area is 108 Å². The summed E-state index contributed by atoms with van der Waals surface area (Å²) in [6, 6.07) is 0. The van der Waals surface area contributed by atoms with Crippen molar-refractivity contribution in [2.45, 2.75) is 26.7 Å². The predicted octanol–water partition coefficient (Wildman–Crippen LogP) is 0.865. The van der Waals surface area contributed by atoms with Crippen LogP contribution in [-0.2, 0) is 9.59 Å². The fourth-order valence-corrected chi connectivity index (χ4v) is 1.97. The summed E-state index contributed by atoms with van der Waals surface area (Å²) in [7, 11) is 2.10. The molecule has 1 fully saturated rings. The average Bonchev–Trinajstić information content (AvgIpc) is 2.35. The van der Waals surface area contributed by atoms with Gasteiger partial charge in [-0.15, -0.1) is 0 Å². The number of rotatable bonds is 4. The van der Waals surface area contributed by atoms with Crippen molar-refractivity contribution in [3.8, 4) is 0 Å². The van der Waals surface area contributed by atoms with Gasteiger partial charge in [-0.25, -0.2) is 4.79 Å². The van der Waals surface area contributed by atoms with E-state index in [9.17, 15) is 9.59 Å². The molecule has 0 aromatic rings. The van der Waals surface area contributed by atoms with E-state index in [1.165, 1.54) is 6.92 Å². The number of carbonyl (C=O) groups excluding carboxylic acids is 1. The van der Waals surface area contributed by atoms with Crippen molar-refractivity contribution in [3.63, 3.8) is 0 Å². The smallest absolute Gasteiger partial charge is 0.331 e. The number of hydrogen-bond donors (Lipinski definition) is 2. The largest absolute Gasteiger partial charge is 0.478 e. The molecule has 1 aliphatic rings. The van der Waals surface area contributed by atoms with E-state index < -0.39 is 5.97 Å². The maximum Gasteiger partial charge on any atom is 0.331 e. The molecular weight excluding hydrogens is 232 g/mol. The van der Waals surface area contributed by atoms with E-state index in [0.29, 0.717) is 12.5 Å². The van der Waals surface area contributed by atoms with Gasteiger partial charge in [-0.3, -0.25) is 4.79 Å². The first-order chi connectivity index (χ1) is 8.41. The van der Waals surface area contributed by atoms with Gasteiger partial charge in [0.25, 0.3) is 0 Å². The first-order valence-corrected chi connectivity index (χ1v) is 6.29. The van der Waals surface area contributed by atoms with Gasteiger partial charge in [0.2, 0.25) is 5.91 Å². The van der Waals surface area contributed by atoms with Gasteiger partial charge in [0.1, 0.15) is 0 Å². The van der Waals surface area contributed by atoms with Gasteiger partial charge in [0.05, 0.1) is 0 Å². The highest BCUT2D eigenvalue weighted by molar-refractivity contribution is 6.01. The molecule has 0 aliphatic carbocycles. The minimum atomic E-state index is -1.04. The second kappa shape index (κ2) is 6.54. The summed E-state index contributed by atoms with van der Waals surface area (Å²) in [6.45, 7) is 5.75. The lowest BCUT2D eigenvalue weighted by Crippen LogP contribution is -2.37. The summed E-state index contributed by atoms with van der Waals surface area (Å²) in [6.07, 6.45) is 2.16. The Hall–Kier alpha value is -1.36. The number of carboxylic acid groups (broad SMARTS) is 1. The Morgan fingerprint density at radius 1 is 1.22 bits per heavy atom. The van der Waals surface area contributed by atoms with Gasteiger partial charge < -0.3 is 15.3 Å². The molecule has 2 N–H and O–H groups in total. The summed E-state index contributed by atoms with van der Waals surface area (Å²) in [5.41, 5.74) is 0.395. The molecule has 5 heteroatoms. The summed E-state index contributed by atoms with van der Waals surface area (Å²) in [5, 5.41) is 11.6. The van der Waals surface area contributed by atoms with Crippen molar-refractivity contribution in [3.05, 3.63) is 11.1 Å². The highest BCUT2D eigenvalue weighted by atomic mass is 16.4. The SMILES string of the molecule is CC(C(=O)O)=C(C)C(=O)NCC1CCN(C)CC1. The monoisotopic (exact) mass is 254 g/mol. The van der Waals surface area contributed by atoms with Gasteiger partial charge in [-0.1, -0.05) is 0 Å². The van der Waals surface area contributed by atoms with Crippen molar-refractivity contribution in [2.24, 2.45) is 5.92 Å². The third-order valence-electron chi connectivity index (χ3n) is 3.61. The van der Waals surface area contributed by atoms with Crippen LogP contribution in [0.15, 0.2) is 11.1 Å². The molecule has 0 unspecified atom stereocenters. The normalized spacial score (nSPS) is 19.3. The minimum Gasteiger partial charge on any atom is -0.478 e. The lowest BCUT2D eigenvalue weighted by atomic mass is 9.97. The quantitative estimate of drug-likeness (QED) is 0.730. The number of nitrogens with one attached hydrogen (secondary N) is 1. The van der Waals surface area contributed by atoms with Crippen molar-refractivity contribution in [1.29, 1.82) is 0 Å². The van der Waals surface area contributed by atoms with Gasteiger partial charge in [-0.05, 0) is 52.7 Å². The number of hydrogen-bond acceptors (Lipinski definition) is 3. The molecule has 0 aromatic carbocycles. The van der Waals surface area contributed by atoms with Crippen LogP contribution in [0.2, 0.25) is 0 Å².